The minimum absolute atomic E-state index is 0.117. The molecule has 2 atom stereocenters. The normalized spacial score (nSPS) is 21.3. The number of hydrogen-bond acceptors (Lipinski definition) is 3. The molecule has 1 N–H and O–H groups in total. The quantitative estimate of drug-likeness (QED) is 0.871. The highest BCUT2D eigenvalue weighted by atomic mass is 19.3. The Morgan fingerprint density at radius 1 is 1.35 bits per heavy atom. The summed E-state index contributed by atoms with van der Waals surface area (Å²) in [6.45, 7) is 2.10. The fourth-order valence-corrected chi connectivity index (χ4v) is 2.71. The zero-order valence-electron chi connectivity index (χ0n) is 13.5. The number of carbonyl (C=O) groups excluding carboxylic acids is 1. The fourth-order valence-electron chi connectivity index (χ4n) is 2.71. The molecule has 1 aliphatic rings. The van der Waals surface area contributed by atoms with Gasteiger partial charge < -0.3 is 14.8 Å². The highest BCUT2D eigenvalue weighted by Gasteiger charge is 2.39. The number of ether oxygens (including phenoxy) is 2. The van der Waals surface area contributed by atoms with Crippen LogP contribution >= 0.6 is 0 Å². The van der Waals surface area contributed by atoms with Crippen LogP contribution in [0.3, 0.4) is 0 Å². The topological polar surface area (TPSA) is 47.6 Å². The van der Waals surface area contributed by atoms with Crippen molar-refractivity contribution in [2.45, 2.75) is 44.6 Å². The zero-order valence-corrected chi connectivity index (χ0v) is 13.5. The van der Waals surface area contributed by atoms with E-state index in [-0.39, 0.29) is 31.4 Å². The Morgan fingerprint density at radius 2 is 2.00 bits per heavy atom. The molecule has 1 aromatic carbocycles. The van der Waals surface area contributed by atoms with Gasteiger partial charge >= 0.3 is 0 Å². The maximum Gasteiger partial charge on any atom is 0.248 e. The van der Waals surface area contributed by atoms with Crippen molar-refractivity contribution in [3.8, 4) is 11.5 Å². The summed E-state index contributed by atoms with van der Waals surface area (Å²) < 4.78 is 37.4. The first-order chi connectivity index (χ1) is 10.9. The Balaban J connectivity index is 1.76. The van der Waals surface area contributed by atoms with E-state index in [1.54, 1.807) is 31.4 Å². The summed E-state index contributed by atoms with van der Waals surface area (Å²) >= 11 is 0. The Bertz CT molecular complexity index is 519. The molecule has 1 amide bonds. The number of benzene rings is 1. The van der Waals surface area contributed by atoms with Gasteiger partial charge in [-0.1, -0.05) is 0 Å². The number of amides is 1. The van der Waals surface area contributed by atoms with E-state index >= 15 is 0 Å². The first-order valence-electron chi connectivity index (χ1n) is 7.86. The Morgan fingerprint density at radius 3 is 2.61 bits per heavy atom. The van der Waals surface area contributed by atoms with E-state index in [0.29, 0.717) is 18.6 Å². The van der Waals surface area contributed by atoms with Gasteiger partial charge in [-0.05, 0) is 44.0 Å². The lowest BCUT2D eigenvalue weighted by Gasteiger charge is -2.28. The van der Waals surface area contributed by atoms with Crippen LogP contribution < -0.4 is 14.8 Å². The third kappa shape index (κ3) is 5.37. The van der Waals surface area contributed by atoms with Crippen molar-refractivity contribution in [3.63, 3.8) is 0 Å². The van der Waals surface area contributed by atoms with Crippen LogP contribution in [-0.4, -0.2) is 31.6 Å². The van der Waals surface area contributed by atoms with Gasteiger partial charge in [-0.15, -0.1) is 0 Å². The van der Waals surface area contributed by atoms with Crippen LogP contribution in [0.25, 0.3) is 0 Å². The number of rotatable bonds is 6. The third-order valence-electron chi connectivity index (χ3n) is 3.97. The van der Waals surface area contributed by atoms with Gasteiger partial charge in [0.1, 0.15) is 17.6 Å². The smallest absolute Gasteiger partial charge is 0.248 e. The van der Waals surface area contributed by atoms with Crippen molar-refractivity contribution < 1.29 is 23.0 Å². The largest absolute Gasteiger partial charge is 0.497 e. The number of nitrogens with one attached hydrogen (secondary N) is 1. The van der Waals surface area contributed by atoms with Crippen LogP contribution in [0, 0.1) is 5.92 Å². The second-order valence-electron chi connectivity index (χ2n) is 6.00. The molecule has 0 aromatic heterocycles. The van der Waals surface area contributed by atoms with Gasteiger partial charge in [-0.2, -0.15) is 0 Å². The number of hydrogen-bond donors (Lipinski definition) is 1. The fraction of sp³-hybridized carbons (Fsp3) is 0.588. The first kappa shape index (κ1) is 17.5. The van der Waals surface area contributed by atoms with E-state index in [4.69, 9.17) is 9.47 Å². The summed E-state index contributed by atoms with van der Waals surface area (Å²) in [5, 5.41) is 2.71. The van der Waals surface area contributed by atoms with Gasteiger partial charge in [-0.3, -0.25) is 4.79 Å². The molecule has 1 saturated carbocycles. The molecule has 1 aliphatic carbocycles. The van der Waals surface area contributed by atoms with Gasteiger partial charge in [0.2, 0.25) is 11.8 Å². The average Bonchev–Trinajstić information content (AvgIpc) is 2.52. The monoisotopic (exact) mass is 327 g/mol. The summed E-state index contributed by atoms with van der Waals surface area (Å²) in [7, 11) is 1.59. The zero-order chi connectivity index (χ0) is 16.9. The SMILES string of the molecule is COc1ccc(O[C@@H](C)CNC(=O)[C@@H]2CCCC(F)(F)C2)cc1. The second kappa shape index (κ2) is 7.62. The van der Waals surface area contributed by atoms with Crippen LogP contribution in [-0.2, 0) is 4.79 Å². The minimum atomic E-state index is -2.72. The summed E-state index contributed by atoms with van der Waals surface area (Å²) in [5.41, 5.74) is 0. The lowest BCUT2D eigenvalue weighted by molar-refractivity contribution is -0.132. The predicted molar refractivity (Wildman–Crippen MR) is 83.0 cm³/mol. The maximum atomic E-state index is 13.3. The lowest BCUT2D eigenvalue weighted by Crippen LogP contribution is -2.40. The van der Waals surface area contributed by atoms with E-state index in [1.165, 1.54) is 0 Å². The number of halogens is 2. The molecule has 0 bridgehead atoms. The van der Waals surface area contributed by atoms with E-state index < -0.39 is 11.8 Å². The second-order valence-corrected chi connectivity index (χ2v) is 6.00. The summed E-state index contributed by atoms with van der Waals surface area (Å²) in [6.07, 6.45) is 0.190. The highest BCUT2D eigenvalue weighted by molar-refractivity contribution is 5.78. The number of methoxy groups -OCH3 is 1. The standard InChI is InChI=1S/C17H23F2NO3/c1-12(23-15-7-5-14(22-2)6-8-15)11-20-16(21)13-4-3-9-17(18,19)10-13/h5-8,12-13H,3-4,9-11H2,1-2H3,(H,20,21)/t12-,13+/m0/s1. The van der Waals surface area contributed by atoms with E-state index in [9.17, 15) is 13.6 Å². The van der Waals surface area contributed by atoms with Crippen molar-refractivity contribution in [2.75, 3.05) is 13.7 Å². The molecule has 4 nitrogen and oxygen atoms in total. The van der Waals surface area contributed by atoms with Crippen LogP contribution in [0.5, 0.6) is 11.5 Å². The van der Waals surface area contributed by atoms with Gasteiger partial charge in [-0.25, -0.2) is 8.78 Å². The van der Waals surface area contributed by atoms with E-state index in [0.717, 1.165) is 5.75 Å². The molecule has 1 fully saturated rings. The Hall–Kier alpha value is -1.85. The molecule has 0 heterocycles. The summed E-state index contributed by atoms with van der Waals surface area (Å²) in [6, 6.07) is 7.12. The molecule has 0 aliphatic heterocycles. The highest BCUT2D eigenvalue weighted by Crippen LogP contribution is 2.36. The summed E-state index contributed by atoms with van der Waals surface area (Å²) in [4.78, 5) is 12.0. The third-order valence-corrected chi connectivity index (χ3v) is 3.97. The van der Waals surface area contributed by atoms with Gasteiger partial charge in [0.15, 0.2) is 0 Å². The number of carbonyl (C=O) groups is 1. The van der Waals surface area contributed by atoms with Crippen molar-refractivity contribution in [1.29, 1.82) is 0 Å². The van der Waals surface area contributed by atoms with Crippen molar-refractivity contribution in [1.82, 2.24) is 5.32 Å². The van der Waals surface area contributed by atoms with E-state index in [2.05, 4.69) is 5.32 Å². The molecule has 2 rings (SSSR count). The van der Waals surface area contributed by atoms with Gasteiger partial charge in [0.05, 0.1) is 13.7 Å². The molecule has 23 heavy (non-hydrogen) atoms. The lowest BCUT2D eigenvalue weighted by atomic mass is 9.86. The molecular weight excluding hydrogens is 304 g/mol. The van der Waals surface area contributed by atoms with E-state index in [1.807, 2.05) is 6.92 Å². The molecule has 0 spiro atoms. The Labute approximate surface area is 135 Å². The van der Waals surface area contributed by atoms with Crippen LogP contribution in [0.2, 0.25) is 0 Å². The molecule has 6 heteroatoms. The number of alkyl halides is 2. The molecular formula is C17H23F2NO3. The van der Waals surface area contributed by atoms with Crippen LogP contribution in [0.4, 0.5) is 8.78 Å². The predicted octanol–water partition coefficient (Wildman–Crippen LogP) is 3.40. The van der Waals surface area contributed by atoms with Crippen molar-refractivity contribution in [2.24, 2.45) is 5.92 Å². The van der Waals surface area contributed by atoms with Crippen LogP contribution in [0.1, 0.15) is 32.6 Å². The average molecular weight is 327 g/mol. The summed E-state index contributed by atoms with van der Waals surface area (Å²) in [5.74, 6) is -2.24. The van der Waals surface area contributed by atoms with Gasteiger partial charge in [0, 0.05) is 18.8 Å². The van der Waals surface area contributed by atoms with Crippen molar-refractivity contribution >= 4 is 5.91 Å². The molecule has 0 saturated heterocycles. The first-order valence-corrected chi connectivity index (χ1v) is 7.86. The minimum Gasteiger partial charge on any atom is -0.497 e. The Kier molecular flexibility index (Phi) is 5.80. The maximum absolute atomic E-state index is 13.3. The molecule has 1 aromatic rings. The van der Waals surface area contributed by atoms with Crippen molar-refractivity contribution in [3.05, 3.63) is 24.3 Å². The molecule has 0 radical (unpaired) electrons. The molecule has 128 valence electrons. The van der Waals surface area contributed by atoms with Gasteiger partial charge in [0.25, 0.3) is 0 Å². The van der Waals surface area contributed by atoms with Crippen LogP contribution in [0.15, 0.2) is 24.3 Å². The molecule has 0 unspecified atom stereocenters.